The Hall–Kier alpha value is -0.870. The summed E-state index contributed by atoms with van der Waals surface area (Å²) in [5.41, 5.74) is 2.53. The topological polar surface area (TPSA) is 16.1 Å². The van der Waals surface area contributed by atoms with Gasteiger partial charge in [-0.3, -0.25) is 0 Å². The van der Waals surface area contributed by atoms with E-state index in [4.69, 9.17) is 0 Å². The molecule has 1 aromatic carbocycles. The van der Waals surface area contributed by atoms with Gasteiger partial charge < -0.3 is 4.90 Å². The Balaban J connectivity index is 1.84. The van der Waals surface area contributed by atoms with E-state index in [0.29, 0.717) is 0 Å². The Morgan fingerprint density at radius 1 is 1.12 bits per heavy atom. The molecular weight excluding hydrogens is 296 g/mol. The highest BCUT2D eigenvalue weighted by atomic mass is 79.9. The molecule has 1 saturated heterocycles. The fraction of sp³-hybridized carbons (Fsp3) is 0.308. The maximum Gasteiger partial charge on any atom is 0.124 e. The van der Waals surface area contributed by atoms with E-state index in [2.05, 4.69) is 50.1 Å². The van der Waals surface area contributed by atoms with Gasteiger partial charge in [0.15, 0.2) is 0 Å². The first-order valence-corrected chi connectivity index (χ1v) is 7.40. The Morgan fingerprint density at radius 2 is 1.82 bits per heavy atom. The van der Waals surface area contributed by atoms with Gasteiger partial charge >= 0.3 is 0 Å². The first kappa shape index (κ1) is 11.2. The molecule has 0 bridgehead atoms. The molecule has 2 nitrogen and oxygen atoms in total. The fourth-order valence-corrected chi connectivity index (χ4v) is 3.39. The van der Waals surface area contributed by atoms with Gasteiger partial charge in [-0.15, -0.1) is 11.3 Å². The van der Waals surface area contributed by atoms with Crippen molar-refractivity contribution in [2.45, 2.75) is 12.8 Å². The fourth-order valence-electron chi connectivity index (χ4n) is 2.18. The predicted octanol–water partition coefficient (Wildman–Crippen LogP) is 4.17. The summed E-state index contributed by atoms with van der Waals surface area (Å²) >= 11 is 5.12. The number of thiazole rings is 1. The van der Waals surface area contributed by atoms with E-state index in [1.807, 2.05) is 6.20 Å². The summed E-state index contributed by atoms with van der Waals surface area (Å²) in [6.07, 6.45) is 4.50. The van der Waals surface area contributed by atoms with Crippen molar-refractivity contribution in [3.63, 3.8) is 0 Å². The second-order valence-corrected chi connectivity index (χ2v) is 6.62. The van der Waals surface area contributed by atoms with Crippen molar-refractivity contribution in [1.29, 1.82) is 0 Å². The highest BCUT2D eigenvalue weighted by Gasteiger charge is 2.12. The van der Waals surface area contributed by atoms with Crippen LogP contribution < -0.4 is 4.90 Å². The van der Waals surface area contributed by atoms with E-state index in [1.165, 1.54) is 37.2 Å². The molecule has 17 heavy (non-hydrogen) atoms. The monoisotopic (exact) mass is 308 g/mol. The van der Waals surface area contributed by atoms with Gasteiger partial charge in [0.25, 0.3) is 0 Å². The van der Waals surface area contributed by atoms with Crippen LogP contribution in [0.5, 0.6) is 0 Å². The first-order chi connectivity index (χ1) is 8.33. The Kier molecular flexibility index (Phi) is 3.16. The Morgan fingerprint density at radius 3 is 2.41 bits per heavy atom. The molecule has 88 valence electrons. The van der Waals surface area contributed by atoms with Gasteiger partial charge in [0.2, 0.25) is 0 Å². The third kappa shape index (κ3) is 2.38. The van der Waals surface area contributed by atoms with Crippen molar-refractivity contribution in [2.75, 3.05) is 18.0 Å². The number of benzene rings is 1. The van der Waals surface area contributed by atoms with Crippen LogP contribution in [-0.4, -0.2) is 18.1 Å². The largest absolute Gasteiger partial charge is 0.372 e. The molecule has 0 saturated carbocycles. The van der Waals surface area contributed by atoms with E-state index < -0.39 is 0 Å². The molecule has 1 aliphatic heterocycles. The zero-order chi connectivity index (χ0) is 11.7. The third-order valence-corrected chi connectivity index (χ3v) is 4.59. The number of halogens is 1. The molecule has 0 atom stereocenters. The van der Waals surface area contributed by atoms with Crippen molar-refractivity contribution in [2.24, 2.45) is 0 Å². The van der Waals surface area contributed by atoms with Crippen LogP contribution in [0.4, 0.5) is 5.69 Å². The molecule has 3 rings (SSSR count). The molecule has 0 N–H and O–H groups in total. The van der Waals surface area contributed by atoms with Crippen LogP contribution in [0.2, 0.25) is 0 Å². The van der Waals surface area contributed by atoms with Gasteiger partial charge in [-0.25, -0.2) is 4.98 Å². The molecule has 4 heteroatoms. The van der Waals surface area contributed by atoms with E-state index in [0.717, 1.165) is 8.79 Å². The highest BCUT2D eigenvalue weighted by Crippen LogP contribution is 2.30. The van der Waals surface area contributed by atoms with Gasteiger partial charge in [0.05, 0.1) is 9.98 Å². The maximum atomic E-state index is 4.37. The van der Waals surface area contributed by atoms with Crippen LogP contribution in [0.25, 0.3) is 10.6 Å². The lowest BCUT2D eigenvalue weighted by atomic mass is 10.2. The van der Waals surface area contributed by atoms with Crippen LogP contribution in [0.3, 0.4) is 0 Å². The molecule has 0 radical (unpaired) electrons. The lowest BCUT2D eigenvalue weighted by molar-refractivity contribution is 0.949. The van der Waals surface area contributed by atoms with Gasteiger partial charge in [-0.2, -0.15) is 0 Å². The summed E-state index contributed by atoms with van der Waals surface area (Å²) in [6, 6.07) is 8.74. The minimum absolute atomic E-state index is 1.07. The quantitative estimate of drug-likeness (QED) is 0.827. The summed E-state index contributed by atoms with van der Waals surface area (Å²) in [5, 5.41) is 1.07. The smallest absolute Gasteiger partial charge is 0.124 e. The lowest BCUT2D eigenvalue weighted by Gasteiger charge is -2.17. The number of hydrogen-bond donors (Lipinski definition) is 0. The first-order valence-electron chi connectivity index (χ1n) is 5.80. The van der Waals surface area contributed by atoms with Crippen LogP contribution in [0.1, 0.15) is 12.8 Å². The highest BCUT2D eigenvalue weighted by molar-refractivity contribution is 9.11. The normalized spacial score (nSPS) is 15.5. The van der Waals surface area contributed by atoms with Gasteiger partial charge in [0.1, 0.15) is 5.01 Å². The number of rotatable bonds is 2. The predicted molar refractivity (Wildman–Crippen MR) is 76.7 cm³/mol. The molecule has 1 aromatic heterocycles. The van der Waals surface area contributed by atoms with E-state index in [-0.39, 0.29) is 0 Å². The van der Waals surface area contributed by atoms with Gasteiger partial charge in [0, 0.05) is 24.3 Å². The summed E-state index contributed by atoms with van der Waals surface area (Å²) in [5.74, 6) is 0. The van der Waals surface area contributed by atoms with Crippen molar-refractivity contribution in [1.82, 2.24) is 4.98 Å². The molecule has 1 aliphatic rings. The van der Waals surface area contributed by atoms with Crippen LogP contribution >= 0.6 is 27.3 Å². The van der Waals surface area contributed by atoms with E-state index in [1.54, 1.807) is 11.3 Å². The van der Waals surface area contributed by atoms with Gasteiger partial charge in [-0.05, 0) is 53.0 Å². The van der Waals surface area contributed by atoms with Crippen LogP contribution in [-0.2, 0) is 0 Å². The number of aromatic nitrogens is 1. The third-order valence-electron chi connectivity index (χ3n) is 3.06. The number of nitrogens with zero attached hydrogens (tertiary/aromatic N) is 2. The average molecular weight is 309 g/mol. The second kappa shape index (κ2) is 4.78. The van der Waals surface area contributed by atoms with Gasteiger partial charge in [-0.1, -0.05) is 0 Å². The second-order valence-electron chi connectivity index (χ2n) is 4.21. The maximum absolute atomic E-state index is 4.37. The van der Waals surface area contributed by atoms with Crippen molar-refractivity contribution in [3.8, 4) is 10.6 Å². The van der Waals surface area contributed by atoms with E-state index >= 15 is 0 Å². The van der Waals surface area contributed by atoms with Crippen molar-refractivity contribution in [3.05, 3.63) is 34.2 Å². The summed E-state index contributed by atoms with van der Waals surface area (Å²) in [4.78, 5) is 6.82. The average Bonchev–Trinajstić information content (AvgIpc) is 3.00. The zero-order valence-electron chi connectivity index (χ0n) is 9.40. The summed E-state index contributed by atoms with van der Waals surface area (Å²) < 4.78 is 1.08. The molecule has 2 heterocycles. The molecule has 2 aromatic rings. The molecule has 0 spiro atoms. The molecule has 0 aliphatic carbocycles. The summed E-state index contributed by atoms with van der Waals surface area (Å²) in [6.45, 7) is 2.39. The van der Waals surface area contributed by atoms with E-state index in [9.17, 15) is 0 Å². The zero-order valence-corrected chi connectivity index (χ0v) is 11.8. The molecule has 0 unspecified atom stereocenters. The molecule has 0 amide bonds. The molecule has 1 fully saturated rings. The van der Waals surface area contributed by atoms with Crippen molar-refractivity contribution < 1.29 is 0 Å². The van der Waals surface area contributed by atoms with Crippen molar-refractivity contribution >= 4 is 33.0 Å². The summed E-state index contributed by atoms with van der Waals surface area (Å²) in [7, 11) is 0. The Labute approximate surface area is 113 Å². The minimum Gasteiger partial charge on any atom is -0.372 e. The standard InChI is InChI=1S/C13H13BrN2S/c14-12-9-15-13(17-12)10-3-5-11(6-4-10)16-7-1-2-8-16/h3-6,9H,1-2,7-8H2. The Bertz CT molecular complexity index is 500. The lowest BCUT2D eigenvalue weighted by Crippen LogP contribution is -2.17. The van der Waals surface area contributed by atoms with Crippen LogP contribution in [0.15, 0.2) is 34.2 Å². The number of anilines is 1. The van der Waals surface area contributed by atoms with Crippen LogP contribution in [0, 0.1) is 0 Å². The SMILES string of the molecule is Brc1cnc(-c2ccc(N3CCCC3)cc2)s1. The minimum atomic E-state index is 1.07. The number of hydrogen-bond acceptors (Lipinski definition) is 3. The molecular formula is C13H13BrN2S.